The predicted molar refractivity (Wildman–Crippen MR) is 94.8 cm³/mol. The highest BCUT2D eigenvalue weighted by Gasteiger charge is 2.64. The highest BCUT2D eigenvalue weighted by atomic mass is 32.2. The number of imide groups is 1. The Bertz CT molecular complexity index is 918. The van der Waals surface area contributed by atoms with Crippen molar-refractivity contribution in [3.63, 3.8) is 0 Å². The highest BCUT2D eigenvalue weighted by molar-refractivity contribution is 8.13. The van der Waals surface area contributed by atoms with Crippen LogP contribution in [0.4, 0.5) is 14.9 Å². The molecular weight excluding hydrogens is 377 g/mol. The van der Waals surface area contributed by atoms with Gasteiger partial charge in [-0.15, -0.1) is 0 Å². The van der Waals surface area contributed by atoms with E-state index in [-0.39, 0.29) is 17.4 Å². The van der Waals surface area contributed by atoms with E-state index in [1.807, 2.05) is 0 Å². The van der Waals surface area contributed by atoms with Crippen LogP contribution in [0.2, 0.25) is 0 Å². The van der Waals surface area contributed by atoms with Gasteiger partial charge < -0.3 is 14.8 Å². The molecular formula is C17H16FN3O5S. The van der Waals surface area contributed by atoms with Gasteiger partial charge in [-0.1, -0.05) is 11.8 Å². The number of nitrogens with one attached hydrogen (secondary N) is 1. The van der Waals surface area contributed by atoms with Gasteiger partial charge in [-0.05, 0) is 38.3 Å². The molecule has 10 heteroatoms. The van der Waals surface area contributed by atoms with Crippen molar-refractivity contribution in [3.05, 3.63) is 29.6 Å². The number of carbonyl (C=O) groups is 3. The van der Waals surface area contributed by atoms with Crippen LogP contribution in [0.1, 0.15) is 19.4 Å². The Balaban J connectivity index is 1.85. The Hall–Kier alpha value is -2.62. The predicted octanol–water partition coefficient (Wildman–Crippen LogP) is 1.85. The minimum atomic E-state index is -1.87. The maximum atomic E-state index is 13.9. The van der Waals surface area contributed by atoms with Crippen molar-refractivity contribution >= 4 is 40.6 Å². The third kappa shape index (κ3) is 2.35. The molecule has 1 fully saturated rings. The van der Waals surface area contributed by atoms with Crippen molar-refractivity contribution in [2.45, 2.75) is 31.0 Å². The maximum absolute atomic E-state index is 13.9. The number of aliphatic imine (C=N–C) groups is 1. The van der Waals surface area contributed by atoms with Crippen molar-refractivity contribution in [3.8, 4) is 0 Å². The number of rotatable bonds is 1. The number of thioether (sulfide) groups is 1. The molecule has 0 radical (unpaired) electrons. The normalized spacial score (nSPS) is 27.9. The van der Waals surface area contributed by atoms with E-state index in [0.29, 0.717) is 5.69 Å². The quantitative estimate of drug-likeness (QED) is 0.782. The third-order valence-electron chi connectivity index (χ3n) is 4.80. The number of hydrogen-bond donors (Lipinski definition) is 1. The first-order valence-electron chi connectivity index (χ1n) is 8.14. The number of fused-ring (bicyclic) bond motifs is 2. The van der Waals surface area contributed by atoms with Crippen LogP contribution in [0.5, 0.6) is 0 Å². The van der Waals surface area contributed by atoms with Crippen molar-refractivity contribution in [2.75, 3.05) is 18.2 Å². The molecule has 142 valence electrons. The Kier molecular flexibility index (Phi) is 3.74. The van der Waals surface area contributed by atoms with E-state index in [4.69, 9.17) is 9.47 Å². The smallest absolute Gasteiger partial charge is 0.417 e. The molecule has 1 N–H and O–H groups in total. The summed E-state index contributed by atoms with van der Waals surface area (Å²) < 4.78 is 24.7. The lowest BCUT2D eigenvalue weighted by Crippen LogP contribution is -2.56. The minimum Gasteiger partial charge on any atom is -0.448 e. The number of anilines is 1. The fourth-order valence-corrected chi connectivity index (χ4v) is 3.93. The summed E-state index contributed by atoms with van der Waals surface area (Å²) in [5.74, 6) is -1.96. The van der Waals surface area contributed by atoms with Crippen molar-refractivity contribution in [2.24, 2.45) is 4.99 Å². The van der Waals surface area contributed by atoms with Crippen LogP contribution in [0, 0.1) is 5.82 Å². The van der Waals surface area contributed by atoms with Crippen LogP contribution in [-0.2, 0) is 24.7 Å². The Morgan fingerprint density at radius 2 is 2.15 bits per heavy atom. The number of hydrogen-bond acceptors (Lipinski definition) is 7. The third-order valence-corrected chi connectivity index (χ3v) is 5.34. The first-order valence-corrected chi connectivity index (χ1v) is 9.36. The van der Waals surface area contributed by atoms with Gasteiger partial charge in [-0.25, -0.2) is 19.1 Å². The van der Waals surface area contributed by atoms with Gasteiger partial charge >= 0.3 is 6.09 Å². The molecule has 0 saturated carbocycles. The standard InChI is InChI=1S/C17H16FN3O5S/c1-16(2)7-25-15(24)21(16)12(22)11-17(26-14(20-11)27-3)9-6-8(18)4-5-10(9)19-13(17)23/h4-6,11H,7H2,1-3H3,(H,19,23)/t11-,17-/m1/s1. The zero-order chi connectivity index (χ0) is 19.6. The molecule has 3 heterocycles. The average molecular weight is 393 g/mol. The lowest BCUT2D eigenvalue weighted by atomic mass is 9.86. The monoisotopic (exact) mass is 393 g/mol. The highest BCUT2D eigenvalue weighted by Crippen LogP contribution is 2.48. The molecule has 3 amide bonds. The van der Waals surface area contributed by atoms with E-state index in [1.165, 1.54) is 12.1 Å². The fourth-order valence-electron chi connectivity index (χ4n) is 3.51. The average Bonchev–Trinajstić information content (AvgIpc) is 3.22. The lowest BCUT2D eigenvalue weighted by Gasteiger charge is -2.32. The van der Waals surface area contributed by atoms with E-state index < -0.39 is 40.9 Å². The minimum absolute atomic E-state index is 0.0225. The van der Waals surface area contributed by atoms with Crippen LogP contribution in [0.25, 0.3) is 0 Å². The van der Waals surface area contributed by atoms with Crippen molar-refractivity contribution < 1.29 is 28.2 Å². The van der Waals surface area contributed by atoms with Crippen molar-refractivity contribution in [1.29, 1.82) is 0 Å². The van der Waals surface area contributed by atoms with Gasteiger partial charge in [0.05, 0.1) is 5.54 Å². The van der Waals surface area contributed by atoms with Gasteiger partial charge in [0.25, 0.3) is 11.8 Å². The second-order valence-corrected chi connectivity index (χ2v) is 7.78. The van der Waals surface area contributed by atoms with Crippen LogP contribution < -0.4 is 5.32 Å². The van der Waals surface area contributed by atoms with Crippen LogP contribution in [-0.4, -0.2) is 52.5 Å². The zero-order valence-corrected chi connectivity index (χ0v) is 15.6. The largest absolute Gasteiger partial charge is 0.448 e. The zero-order valence-electron chi connectivity index (χ0n) is 14.7. The molecule has 2 atom stereocenters. The van der Waals surface area contributed by atoms with E-state index >= 15 is 0 Å². The molecule has 0 aliphatic carbocycles. The molecule has 0 aromatic heterocycles. The fraction of sp³-hybridized carbons (Fsp3) is 0.412. The van der Waals surface area contributed by atoms with Gasteiger partial charge in [-0.3, -0.25) is 9.59 Å². The molecule has 8 nitrogen and oxygen atoms in total. The van der Waals surface area contributed by atoms with E-state index in [0.717, 1.165) is 22.7 Å². The van der Waals surface area contributed by atoms with Crippen LogP contribution >= 0.6 is 11.8 Å². The summed E-state index contributed by atoms with van der Waals surface area (Å²) in [6.45, 7) is 3.36. The van der Waals surface area contributed by atoms with Gasteiger partial charge in [0.1, 0.15) is 12.4 Å². The number of halogens is 1. The molecule has 4 rings (SSSR count). The summed E-state index contributed by atoms with van der Waals surface area (Å²) >= 11 is 1.11. The molecule has 3 aliphatic heterocycles. The summed E-state index contributed by atoms with van der Waals surface area (Å²) in [6.07, 6.45) is 0.859. The number of benzene rings is 1. The number of ether oxygens (including phenoxy) is 2. The Labute approximate surface area is 158 Å². The van der Waals surface area contributed by atoms with Gasteiger partial charge in [0, 0.05) is 11.3 Å². The summed E-state index contributed by atoms with van der Waals surface area (Å²) in [5.41, 5.74) is -2.28. The second-order valence-electron chi connectivity index (χ2n) is 7.02. The molecule has 1 saturated heterocycles. The number of nitrogens with zero attached hydrogens (tertiary/aromatic N) is 2. The van der Waals surface area contributed by atoms with Crippen molar-refractivity contribution in [1.82, 2.24) is 4.90 Å². The van der Waals surface area contributed by atoms with Gasteiger partial charge in [-0.2, -0.15) is 0 Å². The van der Waals surface area contributed by atoms with Crippen LogP contribution in [0.3, 0.4) is 0 Å². The van der Waals surface area contributed by atoms with E-state index in [9.17, 15) is 18.8 Å². The maximum Gasteiger partial charge on any atom is 0.417 e. The summed E-state index contributed by atoms with van der Waals surface area (Å²) in [7, 11) is 0. The molecule has 1 aromatic rings. The molecule has 1 aromatic carbocycles. The molecule has 0 bridgehead atoms. The summed E-state index contributed by atoms with van der Waals surface area (Å²) in [4.78, 5) is 43.5. The molecule has 0 unspecified atom stereocenters. The number of cyclic esters (lactones) is 1. The van der Waals surface area contributed by atoms with Gasteiger partial charge in [0.15, 0.2) is 6.04 Å². The first kappa shape index (κ1) is 17.8. The van der Waals surface area contributed by atoms with E-state index in [2.05, 4.69) is 10.3 Å². The lowest BCUT2D eigenvalue weighted by molar-refractivity contribution is -0.144. The molecule has 3 aliphatic rings. The number of amides is 3. The van der Waals surface area contributed by atoms with Crippen LogP contribution in [0.15, 0.2) is 23.2 Å². The van der Waals surface area contributed by atoms with Gasteiger partial charge in [0.2, 0.25) is 10.8 Å². The second kappa shape index (κ2) is 5.69. The Morgan fingerprint density at radius 3 is 2.78 bits per heavy atom. The van der Waals surface area contributed by atoms with E-state index in [1.54, 1.807) is 20.1 Å². The molecule has 1 spiro atoms. The Morgan fingerprint density at radius 1 is 1.41 bits per heavy atom. The molecule has 27 heavy (non-hydrogen) atoms. The SMILES string of the molecule is CSC1=N[C@H](C(=O)N2C(=O)OCC2(C)C)[C@@]2(O1)C(=O)Nc1ccc(F)cc12. The first-order chi connectivity index (χ1) is 12.7. The number of carbonyl (C=O) groups excluding carboxylic acids is 3. The summed E-state index contributed by atoms with van der Waals surface area (Å²) in [6, 6.07) is 2.35. The summed E-state index contributed by atoms with van der Waals surface area (Å²) in [5, 5.41) is 2.71. The topological polar surface area (TPSA) is 97.3 Å².